The van der Waals surface area contributed by atoms with Crippen molar-refractivity contribution < 1.29 is 18.3 Å². The third-order valence-corrected chi connectivity index (χ3v) is 14.6. The molecule has 52 heavy (non-hydrogen) atoms. The summed E-state index contributed by atoms with van der Waals surface area (Å²) in [5.74, 6) is 2.72. The van der Waals surface area contributed by atoms with Crippen molar-refractivity contribution in [3.8, 4) is 45.6 Å². The second-order valence-corrected chi connectivity index (χ2v) is 18.8. The summed E-state index contributed by atoms with van der Waals surface area (Å²) in [5, 5.41) is 3.85. The normalized spacial score (nSPS) is 14.8. The molecule has 1 aliphatic rings. The second kappa shape index (κ2) is 13.7. The molecule has 0 bridgehead atoms. The molecule has 7 heteroatoms. The lowest BCUT2D eigenvalue weighted by molar-refractivity contribution is -0.226. The summed E-state index contributed by atoms with van der Waals surface area (Å²) >= 11 is 0. The first-order valence-electron chi connectivity index (χ1n) is 17.8. The van der Waals surface area contributed by atoms with Crippen molar-refractivity contribution >= 4 is 23.6 Å². The first-order chi connectivity index (χ1) is 25.1. The van der Waals surface area contributed by atoms with Crippen LogP contribution in [0.1, 0.15) is 36.8 Å². The van der Waals surface area contributed by atoms with Gasteiger partial charge in [0.05, 0.1) is 25.6 Å². The van der Waals surface area contributed by atoms with Crippen LogP contribution in [0, 0.1) is 19.3 Å². The van der Waals surface area contributed by atoms with Crippen LogP contribution in [0.25, 0.3) is 45.6 Å². The Morgan fingerprint density at radius 3 is 1.29 bits per heavy atom. The number of aryl methyl sites for hydroxylation is 2. The topological polar surface area (TPSA) is 70.5 Å². The van der Waals surface area contributed by atoms with Gasteiger partial charge in [0.15, 0.2) is 17.8 Å². The van der Waals surface area contributed by atoms with E-state index in [4.69, 9.17) is 18.3 Å². The van der Waals surface area contributed by atoms with Crippen LogP contribution >= 0.6 is 0 Å². The maximum atomic E-state index is 6.23. The van der Waals surface area contributed by atoms with Gasteiger partial charge in [-0.25, -0.2) is 9.97 Å². The summed E-state index contributed by atoms with van der Waals surface area (Å²) in [5.41, 5.74) is 7.35. The number of hydrogen-bond acceptors (Lipinski definition) is 6. The molecular formula is C45H42N2O4Si. The Morgan fingerprint density at radius 2 is 0.885 bits per heavy atom. The van der Waals surface area contributed by atoms with Crippen LogP contribution in [-0.2, 0) is 9.47 Å². The zero-order valence-corrected chi connectivity index (χ0v) is 31.2. The highest BCUT2D eigenvalue weighted by Crippen LogP contribution is 2.32. The zero-order chi connectivity index (χ0) is 35.9. The molecule has 8 rings (SSSR count). The van der Waals surface area contributed by atoms with E-state index >= 15 is 0 Å². The van der Waals surface area contributed by atoms with Gasteiger partial charge in [-0.3, -0.25) is 0 Å². The van der Waals surface area contributed by atoms with Gasteiger partial charge >= 0.3 is 0 Å². The Kier molecular flexibility index (Phi) is 8.87. The van der Waals surface area contributed by atoms with E-state index in [1.807, 2.05) is 36.7 Å². The minimum Gasteiger partial charge on any atom is -0.436 e. The number of benzene rings is 5. The SMILES string of the molecule is Cc1ccc(-c2ncc(-c3ccc([Si](C)(c4ccc(-c5cnc(-c6ccc(C)cc6)o5)cc4)c4ccc(C5OCC(C)(C)CO5)cc4)cc3)o2)cc1. The Bertz CT molecular complexity index is 2150. The number of aromatic nitrogens is 2. The van der Waals surface area contributed by atoms with Crippen LogP contribution in [0.15, 0.2) is 143 Å². The van der Waals surface area contributed by atoms with E-state index in [1.165, 1.54) is 26.7 Å². The Morgan fingerprint density at radius 1 is 0.519 bits per heavy atom. The maximum absolute atomic E-state index is 6.23. The quantitative estimate of drug-likeness (QED) is 0.116. The fourth-order valence-corrected chi connectivity index (χ4v) is 10.3. The molecule has 0 aliphatic carbocycles. The predicted octanol–water partition coefficient (Wildman–Crippen LogP) is 9.12. The van der Waals surface area contributed by atoms with E-state index in [-0.39, 0.29) is 11.7 Å². The van der Waals surface area contributed by atoms with Crippen LogP contribution in [-0.4, -0.2) is 31.3 Å². The van der Waals surface area contributed by atoms with Gasteiger partial charge in [-0.2, -0.15) is 0 Å². The smallest absolute Gasteiger partial charge is 0.226 e. The molecule has 3 heterocycles. The van der Waals surface area contributed by atoms with Gasteiger partial charge in [0.2, 0.25) is 11.8 Å². The van der Waals surface area contributed by atoms with E-state index in [9.17, 15) is 0 Å². The maximum Gasteiger partial charge on any atom is 0.226 e. The van der Waals surface area contributed by atoms with Crippen LogP contribution < -0.4 is 15.6 Å². The number of rotatable bonds is 8. The van der Waals surface area contributed by atoms with Gasteiger partial charge in [0, 0.05) is 33.2 Å². The highest BCUT2D eigenvalue weighted by Gasteiger charge is 2.35. The molecule has 7 aromatic rings. The van der Waals surface area contributed by atoms with E-state index in [0.29, 0.717) is 25.0 Å². The molecular weight excluding hydrogens is 661 g/mol. The van der Waals surface area contributed by atoms with Crippen molar-refractivity contribution in [2.24, 2.45) is 5.41 Å². The van der Waals surface area contributed by atoms with Crippen LogP contribution in [0.2, 0.25) is 6.55 Å². The second-order valence-electron chi connectivity index (χ2n) is 14.8. The minimum absolute atomic E-state index is 0.0160. The van der Waals surface area contributed by atoms with E-state index < -0.39 is 8.07 Å². The number of hydrogen-bond donors (Lipinski definition) is 0. The molecule has 2 aromatic heterocycles. The highest BCUT2D eigenvalue weighted by molar-refractivity contribution is 7.10. The van der Waals surface area contributed by atoms with Gasteiger partial charge in [-0.05, 0) is 53.7 Å². The van der Waals surface area contributed by atoms with Crippen molar-refractivity contribution in [3.05, 3.63) is 150 Å². The predicted molar refractivity (Wildman–Crippen MR) is 210 cm³/mol. The van der Waals surface area contributed by atoms with Crippen molar-refractivity contribution in [2.75, 3.05) is 13.2 Å². The zero-order valence-electron chi connectivity index (χ0n) is 30.2. The summed E-state index contributed by atoms with van der Waals surface area (Å²) in [6, 6.07) is 42.9. The fraction of sp³-hybridized carbons (Fsp3) is 0.200. The van der Waals surface area contributed by atoms with Crippen molar-refractivity contribution in [3.63, 3.8) is 0 Å². The molecule has 0 atom stereocenters. The number of oxazole rings is 2. The van der Waals surface area contributed by atoms with Crippen molar-refractivity contribution in [2.45, 2.75) is 40.5 Å². The molecule has 0 radical (unpaired) electrons. The molecule has 260 valence electrons. The molecule has 0 saturated carbocycles. The van der Waals surface area contributed by atoms with Gasteiger partial charge < -0.3 is 18.3 Å². The minimum atomic E-state index is -2.50. The van der Waals surface area contributed by atoms with E-state index in [1.54, 1.807) is 0 Å². The molecule has 1 saturated heterocycles. The molecule has 0 amide bonds. The van der Waals surface area contributed by atoms with Gasteiger partial charge in [-0.15, -0.1) is 0 Å². The summed E-state index contributed by atoms with van der Waals surface area (Å²) < 4.78 is 24.7. The molecule has 6 nitrogen and oxygen atoms in total. The summed E-state index contributed by atoms with van der Waals surface area (Å²) in [7, 11) is -2.50. The summed E-state index contributed by atoms with van der Waals surface area (Å²) in [6.07, 6.45) is 3.26. The van der Waals surface area contributed by atoms with Crippen LogP contribution in [0.3, 0.4) is 0 Å². The van der Waals surface area contributed by atoms with Gasteiger partial charge in [-0.1, -0.05) is 129 Å². The fourth-order valence-electron chi connectivity index (χ4n) is 6.77. The van der Waals surface area contributed by atoms with Gasteiger partial charge in [0.1, 0.15) is 8.07 Å². The molecule has 0 unspecified atom stereocenters. The van der Waals surface area contributed by atoms with Crippen LogP contribution in [0.4, 0.5) is 0 Å². The highest BCUT2D eigenvalue weighted by atomic mass is 28.3. The number of ether oxygens (including phenoxy) is 2. The van der Waals surface area contributed by atoms with Crippen molar-refractivity contribution in [1.82, 2.24) is 9.97 Å². The largest absolute Gasteiger partial charge is 0.436 e. The standard InChI is InChI=1S/C45H42N2O4Si/c1-30-6-10-34(11-7-30)42-46-26-40(50-42)32-14-20-37(21-15-32)52(5,39-24-18-36(19-25-39)44-48-28-45(3,4)29-49-44)38-22-16-33(17-23-38)41-27-47-43(51-41)35-12-8-31(2)9-13-35/h6-27,44H,28-29H2,1-5H3. The van der Waals surface area contributed by atoms with E-state index in [0.717, 1.165) is 39.3 Å². The van der Waals surface area contributed by atoms with Crippen molar-refractivity contribution in [1.29, 1.82) is 0 Å². The first-order valence-corrected chi connectivity index (χ1v) is 20.3. The number of nitrogens with zero attached hydrogens (tertiary/aromatic N) is 2. The Labute approximate surface area is 306 Å². The third kappa shape index (κ3) is 6.71. The molecule has 1 fully saturated rings. The Balaban J connectivity index is 1.12. The monoisotopic (exact) mass is 702 g/mol. The van der Waals surface area contributed by atoms with Crippen LogP contribution in [0.5, 0.6) is 0 Å². The third-order valence-electron chi connectivity index (χ3n) is 10.1. The Hall–Kier alpha value is -5.34. The molecule has 1 aliphatic heterocycles. The molecule has 0 N–H and O–H groups in total. The average molecular weight is 703 g/mol. The summed E-state index contributed by atoms with van der Waals surface area (Å²) in [4.78, 5) is 9.16. The summed E-state index contributed by atoms with van der Waals surface area (Å²) in [6.45, 7) is 12.2. The lowest BCUT2D eigenvalue weighted by Gasteiger charge is -2.35. The lowest BCUT2D eigenvalue weighted by atomic mass is 9.95. The molecule has 5 aromatic carbocycles. The van der Waals surface area contributed by atoms with Gasteiger partial charge in [0.25, 0.3) is 0 Å². The molecule has 0 spiro atoms. The lowest BCUT2D eigenvalue weighted by Crippen LogP contribution is -2.64. The average Bonchev–Trinajstić information content (AvgIpc) is 3.87. The first kappa shape index (κ1) is 33.8. The van der Waals surface area contributed by atoms with E-state index in [2.05, 4.69) is 141 Å².